The predicted octanol–water partition coefficient (Wildman–Crippen LogP) is 3.31. The average molecular weight is 481 g/mol. The minimum absolute atomic E-state index is 0.143. The number of nitrogens with one attached hydrogen (secondary N) is 1. The van der Waals surface area contributed by atoms with Crippen LogP contribution in [0.4, 0.5) is 8.78 Å². The number of carbonyl (C=O) groups excluding carboxylic acids is 1. The van der Waals surface area contributed by atoms with E-state index >= 15 is 0 Å². The van der Waals surface area contributed by atoms with Crippen LogP contribution in [0.5, 0.6) is 0 Å². The number of amides is 1. The molecule has 13 heteroatoms. The van der Waals surface area contributed by atoms with Crippen molar-refractivity contribution in [3.63, 3.8) is 0 Å². The van der Waals surface area contributed by atoms with Gasteiger partial charge in [0.15, 0.2) is 5.65 Å². The molecule has 0 aromatic carbocycles. The average Bonchev–Trinajstić information content (AvgIpc) is 3.57. The number of alkyl halides is 2. The first kappa shape index (κ1) is 21.7. The maximum absolute atomic E-state index is 13.5. The van der Waals surface area contributed by atoms with E-state index < -0.39 is 18.2 Å². The molecule has 0 spiro atoms. The Kier molecular flexibility index (Phi) is 5.53. The first-order valence-electron chi connectivity index (χ1n) is 10.1. The van der Waals surface area contributed by atoms with E-state index in [1.807, 2.05) is 26.0 Å². The first-order chi connectivity index (χ1) is 16.4. The SMILES string of the molecule is Cc1ccc(CNC(=O)c2cc(-n3nnnc3C(F)F)c3ncc(-c4ncc(C)s4)n3c2)cn1. The number of tetrazole rings is 1. The van der Waals surface area contributed by atoms with Gasteiger partial charge in [-0.2, -0.15) is 4.68 Å². The van der Waals surface area contributed by atoms with Crippen LogP contribution >= 0.6 is 11.3 Å². The number of imidazole rings is 1. The Bertz CT molecular complexity index is 1490. The van der Waals surface area contributed by atoms with Crippen LogP contribution in [-0.4, -0.2) is 45.5 Å². The molecule has 5 aromatic heterocycles. The molecule has 0 saturated heterocycles. The second-order valence-corrected chi connectivity index (χ2v) is 8.70. The molecular weight excluding hydrogens is 464 g/mol. The minimum atomic E-state index is -2.92. The molecular formula is C21H17F2N9OS. The van der Waals surface area contributed by atoms with Crippen LogP contribution in [0.3, 0.4) is 0 Å². The molecule has 0 saturated carbocycles. The predicted molar refractivity (Wildman–Crippen MR) is 119 cm³/mol. The standard InChI is InChI=1S/C21H17F2N9OS/c1-11-3-4-13(7-24-11)8-26-20(33)14-5-15(32-19(17(22)23)28-29-30-32)18-25-9-16(31(18)10-14)21-27-6-12(2)34-21/h3-7,9-10,17H,8H2,1-2H3,(H,26,33). The number of hydrogen-bond donors (Lipinski definition) is 1. The van der Waals surface area contributed by atoms with Crippen molar-refractivity contribution in [2.45, 2.75) is 26.8 Å². The third-order valence-corrected chi connectivity index (χ3v) is 5.97. The second-order valence-electron chi connectivity index (χ2n) is 7.47. The van der Waals surface area contributed by atoms with Crippen molar-refractivity contribution in [3.8, 4) is 16.4 Å². The highest BCUT2D eigenvalue weighted by Gasteiger charge is 2.23. The first-order valence-corrected chi connectivity index (χ1v) is 10.9. The Morgan fingerprint density at radius 3 is 2.71 bits per heavy atom. The lowest BCUT2D eigenvalue weighted by Gasteiger charge is -2.11. The molecule has 172 valence electrons. The summed E-state index contributed by atoms with van der Waals surface area (Å²) in [6.07, 6.45) is 3.65. The number of nitrogens with zero attached hydrogens (tertiary/aromatic N) is 8. The minimum Gasteiger partial charge on any atom is -0.348 e. The van der Waals surface area contributed by atoms with Crippen molar-refractivity contribution in [3.05, 3.63) is 70.5 Å². The molecule has 0 aliphatic rings. The van der Waals surface area contributed by atoms with Crippen LogP contribution in [0.1, 0.15) is 38.7 Å². The molecule has 0 aliphatic carbocycles. The van der Waals surface area contributed by atoms with Crippen molar-refractivity contribution in [2.24, 2.45) is 0 Å². The monoisotopic (exact) mass is 481 g/mol. The van der Waals surface area contributed by atoms with Crippen LogP contribution in [-0.2, 0) is 6.54 Å². The maximum Gasteiger partial charge on any atom is 0.299 e. The molecule has 0 fully saturated rings. The van der Waals surface area contributed by atoms with Gasteiger partial charge in [0.25, 0.3) is 12.3 Å². The van der Waals surface area contributed by atoms with Gasteiger partial charge < -0.3 is 5.32 Å². The lowest BCUT2D eigenvalue weighted by atomic mass is 10.2. The summed E-state index contributed by atoms with van der Waals surface area (Å²) in [6, 6.07) is 5.15. The molecule has 5 heterocycles. The van der Waals surface area contributed by atoms with Gasteiger partial charge in [-0.3, -0.25) is 14.2 Å². The highest BCUT2D eigenvalue weighted by Crippen LogP contribution is 2.29. The fourth-order valence-corrected chi connectivity index (χ4v) is 4.14. The lowest BCUT2D eigenvalue weighted by molar-refractivity contribution is 0.0950. The molecule has 0 atom stereocenters. The van der Waals surface area contributed by atoms with Crippen LogP contribution in [0, 0.1) is 13.8 Å². The Morgan fingerprint density at radius 2 is 2.00 bits per heavy atom. The van der Waals surface area contributed by atoms with Gasteiger partial charge in [-0.05, 0) is 42.0 Å². The number of rotatable bonds is 6. The molecule has 5 aromatic rings. The maximum atomic E-state index is 13.5. The third kappa shape index (κ3) is 4.01. The van der Waals surface area contributed by atoms with Gasteiger partial charge in [-0.25, -0.2) is 18.7 Å². The number of thiazole rings is 1. The molecule has 0 aliphatic heterocycles. The lowest BCUT2D eigenvalue weighted by Crippen LogP contribution is -2.23. The van der Waals surface area contributed by atoms with Crippen molar-refractivity contribution in [2.75, 3.05) is 0 Å². The summed E-state index contributed by atoms with van der Waals surface area (Å²) in [5, 5.41) is 14.0. The van der Waals surface area contributed by atoms with E-state index in [1.165, 1.54) is 17.4 Å². The van der Waals surface area contributed by atoms with Crippen molar-refractivity contribution >= 4 is 22.9 Å². The largest absolute Gasteiger partial charge is 0.348 e. The summed E-state index contributed by atoms with van der Waals surface area (Å²) in [5.41, 5.74) is 2.96. The smallest absolute Gasteiger partial charge is 0.299 e. The number of carbonyl (C=O) groups is 1. The summed E-state index contributed by atoms with van der Waals surface area (Å²) in [4.78, 5) is 27.0. The Morgan fingerprint density at radius 1 is 1.15 bits per heavy atom. The van der Waals surface area contributed by atoms with Gasteiger partial charge in [0.2, 0.25) is 5.82 Å². The number of hydrogen-bond acceptors (Lipinski definition) is 8. The van der Waals surface area contributed by atoms with E-state index in [-0.39, 0.29) is 17.8 Å². The second kappa shape index (κ2) is 8.67. The van der Waals surface area contributed by atoms with Gasteiger partial charge in [0, 0.05) is 35.7 Å². The van der Waals surface area contributed by atoms with E-state index in [0.29, 0.717) is 16.3 Å². The fourth-order valence-electron chi connectivity index (χ4n) is 3.37. The Balaban J connectivity index is 1.60. The summed E-state index contributed by atoms with van der Waals surface area (Å²) < 4.78 is 29.6. The summed E-state index contributed by atoms with van der Waals surface area (Å²) in [6.45, 7) is 4.04. The van der Waals surface area contributed by atoms with Crippen LogP contribution in [0.15, 0.2) is 43.0 Å². The van der Waals surface area contributed by atoms with E-state index in [2.05, 4.69) is 35.8 Å². The van der Waals surface area contributed by atoms with Gasteiger partial charge in [-0.1, -0.05) is 6.07 Å². The topological polar surface area (TPSA) is 116 Å². The van der Waals surface area contributed by atoms with E-state index in [1.54, 1.807) is 29.2 Å². The molecule has 5 rings (SSSR count). The van der Waals surface area contributed by atoms with Gasteiger partial charge in [-0.15, -0.1) is 16.4 Å². The van der Waals surface area contributed by atoms with Crippen LogP contribution in [0.2, 0.25) is 0 Å². The van der Waals surface area contributed by atoms with Crippen molar-refractivity contribution < 1.29 is 13.6 Å². The van der Waals surface area contributed by atoms with Gasteiger partial charge >= 0.3 is 0 Å². The zero-order valence-electron chi connectivity index (χ0n) is 18.0. The molecule has 0 bridgehead atoms. The summed E-state index contributed by atoms with van der Waals surface area (Å²) >= 11 is 1.45. The normalized spacial score (nSPS) is 11.4. The Labute approximate surface area is 195 Å². The zero-order chi connectivity index (χ0) is 23.8. The van der Waals surface area contributed by atoms with Gasteiger partial charge in [0.1, 0.15) is 16.4 Å². The quantitative estimate of drug-likeness (QED) is 0.396. The Hall–Kier alpha value is -4.13. The summed E-state index contributed by atoms with van der Waals surface area (Å²) in [7, 11) is 0. The molecule has 0 radical (unpaired) electrons. The number of fused-ring (bicyclic) bond motifs is 1. The van der Waals surface area contributed by atoms with Crippen molar-refractivity contribution in [1.29, 1.82) is 0 Å². The molecule has 0 unspecified atom stereocenters. The number of aryl methyl sites for hydroxylation is 2. The van der Waals surface area contributed by atoms with E-state index in [4.69, 9.17) is 0 Å². The zero-order valence-corrected chi connectivity index (χ0v) is 18.8. The molecule has 34 heavy (non-hydrogen) atoms. The van der Waals surface area contributed by atoms with E-state index in [9.17, 15) is 13.6 Å². The number of aromatic nitrogens is 8. The fraction of sp³-hybridized carbons (Fsp3) is 0.190. The molecule has 10 nitrogen and oxygen atoms in total. The van der Waals surface area contributed by atoms with Gasteiger partial charge in [0.05, 0.1) is 11.8 Å². The van der Waals surface area contributed by atoms with Crippen LogP contribution in [0.25, 0.3) is 22.0 Å². The molecule has 1 amide bonds. The number of halogens is 2. The summed E-state index contributed by atoms with van der Waals surface area (Å²) in [5.74, 6) is -1.06. The van der Waals surface area contributed by atoms with Crippen LogP contribution < -0.4 is 5.32 Å². The van der Waals surface area contributed by atoms with E-state index in [0.717, 1.165) is 20.8 Å². The third-order valence-electron chi connectivity index (χ3n) is 5.03. The highest BCUT2D eigenvalue weighted by atomic mass is 32.1. The highest BCUT2D eigenvalue weighted by molar-refractivity contribution is 7.14. The molecule has 1 N–H and O–H groups in total. The number of pyridine rings is 2. The van der Waals surface area contributed by atoms with Crippen molar-refractivity contribution in [1.82, 2.24) is 44.9 Å².